The fourth-order valence-electron chi connectivity index (χ4n) is 1.88. The molecule has 1 amide bonds. The van der Waals surface area contributed by atoms with E-state index in [0.717, 1.165) is 12.8 Å². The molecule has 1 aliphatic heterocycles. The quantitative estimate of drug-likeness (QED) is 0.609. The Morgan fingerprint density at radius 3 is 2.94 bits per heavy atom. The number of likely N-dealkylation sites (tertiary alicyclic amines) is 1. The van der Waals surface area contributed by atoms with Crippen molar-refractivity contribution in [3.8, 4) is 0 Å². The molecule has 0 aliphatic carbocycles. The second-order valence-corrected chi connectivity index (χ2v) is 4.34. The van der Waals surface area contributed by atoms with Gasteiger partial charge in [0.25, 0.3) is 0 Å². The van der Waals surface area contributed by atoms with Gasteiger partial charge in [0.15, 0.2) is 0 Å². The van der Waals surface area contributed by atoms with E-state index in [1.807, 2.05) is 14.0 Å². The van der Waals surface area contributed by atoms with Crippen molar-refractivity contribution in [2.45, 2.75) is 31.9 Å². The molecule has 0 aromatic rings. The van der Waals surface area contributed by atoms with E-state index < -0.39 is 0 Å². The van der Waals surface area contributed by atoms with E-state index in [9.17, 15) is 9.90 Å². The lowest BCUT2D eigenvalue weighted by Gasteiger charge is -2.19. The zero-order chi connectivity index (χ0) is 12.0. The van der Waals surface area contributed by atoms with Crippen LogP contribution in [0, 0.1) is 0 Å². The molecule has 0 aromatic heterocycles. The Hall–Kier alpha value is -0.650. The molecule has 1 rings (SSSR count). The molecule has 0 bridgehead atoms. The maximum absolute atomic E-state index is 11.3. The fourth-order valence-corrected chi connectivity index (χ4v) is 1.88. The Balaban J connectivity index is 2.12. The summed E-state index contributed by atoms with van der Waals surface area (Å²) in [7, 11) is 1.96. The predicted octanol–water partition coefficient (Wildman–Crippen LogP) is -0.406. The first-order valence-corrected chi connectivity index (χ1v) is 5.86. The highest BCUT2D eigenvalue weighted by molar-refractivity contribution is 5.77. The number of ether oxygens (including phenoxy) is 1. The van der Waals surface area contributed by atoms with Gasteiger partial charge < -0.3 is 15.2 Å². The van der Waals surface area contributed by atoms with Gasteiger partial charge in [-0.15, -0.1) is 0 Å². The summed E-state index contributed by atoms with van der Waals surface area (Å²) in [6.45, 7) is 4.03. The number of carbonyl (C=O) groups is 1. The third kappa shape index (κ3) is 4.47. The van der Waals surface area contributed by atoms with Crippen LogP contribution in [-0.2, 0) is 9.53 Å². The van der Waals surface area contributed by atoms with Gasteiger partial charge in [-0.1, -0.05) is 6.92 Å². The van der Waals surface area contributed by atoms with Gasteiger partial charge in [0.05, 0.1) is 6.10 Å². The molecular formula is C11H22N2O3. The van der Waals surface area contributed by atoms with Crippen molar-refractivity contribution < 1.29 is 14.6 Å². The van der Waals surface area contributed by atoms with E-state index >= 15 is 0 Å². The molecule has 0 spiro atoms. The standard InChI is InChI=1S/C11H22N2O3/c1-3-4-16-8-11(15)12-6-9-5-10(14)7-13(9)2/h9-10,14H,3-8H2,1-2H3,(H,12,15)/t9-,10+/m0/s1. The van der Waals surface area contributed by atoms with Gasteiger partial charge in [-0.2, -0.15) is 0 Å². The molecule has 1 aliphatic rings. The number of aliphatic hydroxyl groups excluding tert-OH is 1. The van der Waals surface area contributed by atoms with Crippen LogP contribution in [-0.4, -0.2) is 61.4 Å². The maximum Gasteiger partial charge on any atom is 0.246 e. The number of amides is 1. The van der Waals surface area contributed by atoms with Crippen LogP contribution in [0.15, 0.2) is 0 Å². The second kappa shape index (κ2) is 6.83. The zero-order valence-corrected chi connectivity index (χ0v) is 10.1. The highest BCUT2D eigenvalue weighted by Gasteiger charge is 2.27. The summed E-state index contributed by atoms with van der Waals surface area (Å²) in [6.07, 6.45) is 1.39. The molecule has 2 N–H and O–H groups in total. The molecule has 5 heteroatoms. The number of rotatable bonds is 6. The number of likely N-dealkylation sites (N-methyl/N-ethyl adjacent to an activating group) is 1. The molecule has 16 heavy (non-hydrogen) atoms. The summed E-state index contributed by atoms with van der Waals surface area (Å²) >= 11 is 0. The SMILES string of the molecule is CCCOCC(=O)NC[C@@H]1C[C@@H](O)CN1C. The van der Waals surface area contributed by atoms with Crippen LogP contribution in [0.3, 0.4) is 0 Å². The number of β-amino-alcohol motifs (C(OH)–C–C–N with tert-alkyl or cyclic N) is 1. The van der Waals surface area contributed by atoms with E-state index in [0.29, 0.717) is 19.7 Å². The van der Waals surface area contributed by atoms with Crippen molar-refractivity contribution in [3.63, 3.8) is 0 Å². The third-order valence-electron chi connectivity index (χ3n) is 2.78. The minimum atomic E-state index is -0.261. The molecule has 5 nitrogen and oxygen atoms in total. The number of nitrogens with zero attached hydrogens (tertiary/aromatic N) is 1. The van der Waals surface area contributed by atoms with Gasteiger partial charge in [-0.25, -0.2) is 0 Å². The van der Waals surface area contributed by atoms with Gasteiger partial charge in [-0.05, 0) is 19.9 Å². The van der Waals surface area contributed by atoms with Crippen LogP contribution >= 0.6 is 0 Å². The average Bonchev–Trinajstić information content (AvgIpc) is 2.55. The normalized spacial score (nSPS) is 25.9. The number of carbonyl (C=O) groups excluding carboxylic acids is 1. The highest BCUT2D eigenvalue weighted by atomic mass is 16.5. The number of aliphatic hydroxyl groups is 1. The van der Waals surface area contributed by atoms with Crippen molar-refractivity contribution in [2.75, 3.05) is 33.4 Å². The monoisotopic (exact) mass is 230 g/mol. The van der Waals surface area contributed by atoms with Crippen LogP contribution < -0.4 is 5.32 Å². The first kappa shape index (κ1) is 13.4. The molecule has 1 heterocycles. The van der Waals surface area contributed by atoms with E-state index in [2.05, 4.69) is 10.2 Å². The molecule has 94 valence electrons. The van der Waals surface area contributed by atoms with Crippen LogP contribution in [0.4, 0.5) is 0 Å². The topological polar surface area (TPSA) is 61.8 Å². The van der Waals surface area contributed by atoms with E-state index in [1.54, 1.807) is 0 Å². The lowest BCUT2D eigenvalue weighted by atomic mass is 10.2. The molecule has 0 radical (unpaired) electrons. The van der Waals surface area contributed by atoms with Gasteiger partial charge >= 0.3 is 0 Å². The molecule has 0 aromatic carbocycles. The summed E-state index contributed by atoms with van der Waals surface area (Å²) in [5, 5.41) is 12.2. The lowest BCUT2D eigenvalue weighted by molar-refractivity contribution is -0.125. The van der Waals surface area contributed by atoms with Gasteiger partial charge in [0.2, 0.25) is 5.91 Å². The summed E-state index contributed by atoms with van der Waals surface area (Å²) in [6, 6.07) is 0.241. The van der Waals surface area contributed by atoms with Crippen molar-refractivity contribution >= 4 is 5.91 Å². The lowest BCUT2D eigenvalue weighted by Crippen LogP contribution is -2.39. The smallest absolute Gasteiger partial charge is 0.246 e. The molecular weight excluding hydrogens is 208 g/mol. The van der Waals surface area contributed by atoms with Crippen molar-refractivity contribution in [1.82, 2.24) is 10.2 Å². The highest BCUT2D eigenvalue weighted by Crippen LogP contribution is 2.14. The second-order valence-electron chi connectivity index (χ2n) is 4.34. The minimum Gasteiger partial charge on any atom is -0.392 e. The molecule has 1 saturated heterocycles. The van der Waals surface area contributed by atoms with Crippen molar-refractivity contribution in [1.29, 1.82) is 0 Å². The van der Waals surface area contributed by atoms with Crippen LogP contribution in [0.1, 0.15) is 19.8 Å². The van der Waals surface area contributed by atoms with E-state index in [-0.39, 0.29) is 24.7 Å². The van der Waals surface area contributed by atoms with Crippen molar-refractivity contribution in [3.05, 3.63) is 0 Å². The Kier molecular flexibility index (Phi) is 5.73. The van der Waals surface area contributed by atoms with Crippen LogP contribution in [0.2, 0.25) is 0 Å². The van der Waals surface area contributed by atoms with E-state index in [1.165, 1.54) is 0 Å². The average molecular weight is 230 g/mol. The Labute approximate surface area is 96.8 Å². The first-order chi connectivity index (χ1) is 7.63. The Bertz CT molecular complexity index is 223. The largest absolute Gasteiger partial charge is 0.392 e. The Morgan fingerprint density at radius 2 is 2.38 bits per heavy atom. The summed E-state index contributed by atoms with van der Waals surface area (Å²) in [4.78, 5) is 13.4. The number of hydrogen-bond acceptors (Lipinski definition) is 4. The predicted molar refractivity (Wildman–Crippen MR) is 61.2 cm³/mol. The van der Waals surface area contributed by atoms with Gasteiger partial charge in [0.1, 0.15) is 6.61 Å². The van der Waals surface area contributed by atoms with Crippen molar-refractivity contribution in [2.24, 2.45) is 0 Å². The number of hydrogen-bond donors (Lipinski definition) is 2. The van der Waals surface area contributed by atoms with Gasteiger partial charge in [-0.3, -0.25) is 9.69 Å². The molecule has 0 unspecified atom stereocenters. The zero-order valence-electron chi connectivity index (χ0n) is 10.1. The molecule has 2 atom stereocenters. The van der Waals surface area contributed by atoms with Crippen LogP contribution in [0.25, 0.3) is 0 Å². The van der Waals surface area contributed by atoms with Gasteiger partial charge in [0, 0.05) is 25.7 Å². The Morgan fingerprint density at radius 1 is 1.62 bits per heavy atom. The third-order valence-corrected chi connectivity index (χ3v) is 2.78. The minimum absolute atomic E-state index is 0.0803. The summed E-state index contributed by atoms with van der Waals surface area (Å²) < 4.78 is 5.13. The molecule has 0 saturated carbocycles. The fraction of sp³-hybridized carbons (Fsp3) is 0.909. The first-order valence-electron chi connectivity index (χ1n) is 5.86. The summed E-state index contributed by atoms with van der Waals surface area (Å²) in [5.74, 6) is -0.0803. The summed E-state index contributed by atoms with van der Waals surface area (Å²) in [5.41, 5.74) is 0. The maximum atomic E-state index is 11.3. The molecule has 1 fully saturated rings. The van der Waals surface area contributed by atoms with Crippen LogP contribution in [0.5, 0.6) is 0 Å². The number of nitrogens with one attached hydrogen (secondary N) is 1. The van der Waals surface area contributed by atoms with E-state index in [4.69, 9.17) is 4.74 Å².